The van der Waals surface area contributed by atoms with Crippen LogP contribution in [0.1, 0.15) is 19.3 Å². The lowest BCUT2D eigenvalue weighted by atomic mass is 10.2. The van der Waals surface area contributed by atoms with Crippen molar-refractivity contribution in [2.75, 3.05) is 17.3 Å². The van der Waals surface area contributed by atoms with Crippen molar-refractivity contribution < 1.29 is 13.2 Å². The number of nitrogens with zero attached hydrogens (tertiary/aromatic N) is 2. The van der Waals surface area contributed by atoms with Gasteiger partial charge in [0.25, 0.3) is 0 Å². The minimum absolute atomic E-state index is 0.00640. The highest BCUT2D eigenvalue weighted by molar-refractivity contribution is 7.99. The highest BCUT2D eigenvalue weighted by atomic mass is 35.5. The van der Waals surface area contributed by atoms with Crippen LogP contribution >= 0.6 is 23.4 Å². The Morgan fingerprint density at radius 1 is 1.32 bits per heavy atom. The fourth-order valence-electron chi connectivity index (χ4n) is 3.28. The number of rotatable bonds is 5. The molecular weight excluding hydrogens is 382 g/mol. The molecule has 1 aliphatic carbocycles. The van der Waals surface area contributed by atoms with Crippen LogP contribution in [-0.4, -0.2) is 58.5 Å². The first-order valence-corrected chi connectivity index (χ1v) is 11.4. The van der Waals surface area contributed by atoms with Gasteiger partial charge in [0.15, 0.2) is 15.0 Å². The normalized spacial score (nSPS) is 22.4. The summed E-state index contributed by atoms with van der Waals surface area (Å²) in [5.74, 6) is 0.531. The third-order valence-corrected chi connectivity index (χ3v) is 7.43. The fourth-order valence-corrected chi connectivity index (χ4v) is 5.92. The van der Waals surface area contributed by atoms with Crippen LogP contribution in [0.2, 0.25) is 5.02 Å². The first kappa shape index (κ1) is 17.2. The molecule has 134 valence electrons. The maximum Gasteiger partial charge on any atom is 0.233 e. The van der Waals surface area contributed by atoms with Crippen LogP contribution in [0, 0.1) is 0 Å². The zero-order chi connectivity index (χ0) is 17.6. The molecule has 4 rings (SSSR count). The van der Waals surface area contributed by atoms with Crippen LogP contribution in [-0.2, 0) is 14.6 Å². The van der Waals surface area contributed by atoms with E-state index in [2.05, 4.69) is 9.97 Å². The Morgan fingerprint density at radius 3 is 2.80 bits per heavy atom. The molecule has 25 heavy (non-hydrogen) atoms. The van der Waals surface area contributed by atoms with Gasteiger partial charge < -0.3 is 9.88 Å². The van der Waals surface area contributed by atoms with Gasteiger partial charge in [0.1, 0.15) is 0 Å². The SMILES string of the molecule is O=C(CSc1nc2ccc(Cl)cc2[nH]1)N(C1CC1)[C@@H]1CCS(=O)(=O)C1. The molecule has 6 nitrogen and oxygen atoms in total. The average Bonchev–Trinajstić information content (AvgIpc) is 3.19. The molecule has 0 bridgehead atoms. The third-order valence-electron chi connectivity index (χ3n) is 4.58. The molecular formula is C16H18ClN3O3S2. The lowest BCUT2D eigenvalue weighted by Gasteiger charge is -2.28. The van der Waals surface area contributed by atoms with Gasteiger partial charge in [0, 0.05) is 17.1 Å². The van der Waals surface area contributed by atoms with E-state index >= 15 is 0 Å². The monoisotopic (exact) mass is 399 g/mol. The number of nitrogens with one attached hydrogen (secondary N) is 1. The number of carbonyl (C=O) groups is 1. The molecule has 0 radical (unpaired) electrons. The van der Waals surface area contributed by atoms with Crippen LogP contribution in [0.5, 0.6) is 0 Å². The topological polar surface area (TPSA) is 83.1 Å². The number of fused-ring (bicyclic) bond motifs is 1. The van der Waals surface area contributed by atoms with Crippen molar-refractivity contribution in [1.82, 2.24) is 14.9 Å². The summed E-state index contributed by atoms with van der Waals surface area (Å²) in [7, 11) is -3.00. The van der Waals surface area contributed by atoms with Gasteiger partial charge in [-0.3, -0.25) is 4.79 Å². The Kier molecular flexibility index (Phi) is 4.45. The van der Waals surface area contributed by atoms with Crippen LogP contribution < -0.4 is 0 Å². The number of benzene rings is 1. The van der Waals surface area contributed by atoms with Gasteiger partial charge in [-0.2, -0.15) is 0 Å². The molecule has 1 amide bonds. The van der Waals surface area contributed by atoms with E-state index < -0.39 is 9.84 Å². The summed E-state index contributed by atoms with van der Waals surface area (Å²) >= 11 is 7.31. The van der Waals surface area contributed by atoms with Crippen LogP contribution in [0.25, 0.3) is 11.0 Å². The number of aromatic nitrogens is 2. The van der Waals surface area contributed by atoms with E-state index in [4.69, 9.17) is 11.6 Å². The van der Waals surface area contributed by atoms with Crippen molar-refractivity contribution in [3.8, 4) is 0 Å². The second-order valence-electron chi connectivity index (χ2n) is 6.58. The van der Waals surface area contributed by atoms with Crippen molar-refractivity contribution in [2.45, 2.75) is 36.5 Å². The summed E-state index contributed by atoms with van der Waals surface area (Å²) in [6.07, 6.45) is 2.49. The maximum atomic E-state index is 12.7. The van der Waals surface area contributed by atoms with E-state index in [0.29, 0.717) is 16.6 Å². The molecule has 2 heterocycles. The molecule has 1 aromatic heterocycles. The van der Waals surface area contributed by atoms with Crippen LogP contribution in [0.4, 0.5) is 0 Å². The Hall–Kier alpha value is -1.25. The number of carbonyl (C=O) groups excluding carboxylic acids is 1. The molecule has 1 saturated heterocycles. The Morgan fingerprint density at radius 2 is 2.12 bits per heavy atom. The summed E-state index contributed by atoms with van der Waals surface area (Å²) in [4.78, 5) is 22.1. The number of hydrogen-bond acceptors (Lipinski definition) is 5. The van der Waals surface area contributed by atoms with E-state index in [1.54, 1.807) is 12.1 Å². The molecule has 1 N–H and O–H groups in total. The standard InChI is InChI=1S/C16H18ClN3O3S2/c17-10-1-4-13-14(7-10)19-16(18-13)24-8-15(21)20(11-2-3-11)12-5-6-25(22,23)9-12/h1,4,7,11-12H,2-3,5-6,8-9H2,(H,18,19)/t12-/m1/s1. The number of thioether (sulfide) groups is 1. The number of sulfone groups is 1. The van der Waals surface area contributed by atoms with Gasteiger partial charge in [-0.25, -0.2) is 13.4 Å². The molecule has 2 fully saturated rings. The van der Waals surface area contributed by atoms with Crippen molar-refractivity contribution >= 4 is 50.1 Å². The molecule has 9 heteroatoms. The molecule has 0 unspecified atom stereocenters. The average molecular weight is 400 g/mol. The van der Waals surface area contributed by atoms with Gasteiger partial charge in [0.05, 0.1) is 28.3 Å². The molecule has 2 aliphatic rings. The summed E-state index contributed by atoms with van der Waals surface area (Å²) in [5.41, 5.74) is 1.64. The van der Waals surface area contributed by atoms with Crippen molar-refractivity contribution in [2.24, 2.45) is 0 Å². The van der Waals surface area contributed by atoms with Gasteiger partial charge >= 0.3 is 0 Å². The van der Waals surface area contributed by atoms with E-state index in [1.807, 2.05) is 11.0 Å². The van der Waals surface area contributed by atoms with Gasteiger partial charge in [-0.15, -0.1) is 0 Å². The zero-order valence-electron chi connectivity index (χ0n) is 13.4. The van der Waals surface area contributed by atoms with Crippen molar-refractivity contribution in [3.05, 3.63) is 23.2 Å². The van der Waals surface area contributed by atoms with Crippen LogP contribution in [0.3, 0.4) is 0 Å². The lowest BCUT2D eigenvalue weighted by molar-refractivity contribution is -0.130. The smallest absolute Gasteiger partial charge is 0.233 e. The zero-order valence-corrected chi connectivity index (χ0v) is 15.8. The Balaban J connectivity index is 1.44. The van der Waals surface area contributed by atoms with Crippen molar-refractivity contribution in [1.29, 1.82) is 0 Å². The van der Waals surface area contributed by atoms with Gasteiger partial charge in [-0.1, -0.05) is 23.4 Å². The van der Waals surface area contributed by atoms with Gasteiger partial charge in [-0.05, 0) is 37.5 Å². The highest BCUT2D eigenvalue weighted by Crippen LogP contribution is 2.33. The van der Waals surface area contributed by atoms with E-state index in [9.17, 15) is 13.2 Å². The van der Waals surface area contributed by atoms with E-state index in [1.165, 1.54) is 11.8 Å². The summed E-state index contributed by atoms with van der Waals surface area (Å²) < 4.78 is 23.5. The highest BCUT2D eigenvalue weighted by Gasteiger charge is 2.41. The summed E-state index contributed by atoms with van der Waals surface area (Å²) in [6, 6.07) is 5.45. The summed E-state index contributed by atoms with van der Waals surface area (Å²) in [6.45, 7) is 0. The minimum atomic E-state index is -3.00. The number of amides is 1. The second-order valence-corrected chi connectivity index (χ2v) is 10.2. The van der Waals surface area contributed by atoms with Crippen molar-refractivity contribution in [3.63, 3.8) is 0 Å². The predicted molar refractivity (Wildman–Crippen MR) is 98.8 cm³/mol. The molecule has 1 aliphatic heterocycles. The van der Waals surface area contributed by atoms with Crippen LogP contribution in [0.15, 0.2) is 23.4 Å². The number of aromatic amines is 1. The lowest BCUT2D eigenvalue weighted by Crippen LogP contribution is -2.43. The molecule has 0 spiro atoms. The molecule has 1 atom stereocenters. The van der Waals surface area contributed by atoms with E-state index in [-0.39, 0.29) is 35.2 Å². The minimum Gasteiger partial charge on any atom is -0.335 e. The van der Waals surface area contributed by atoms with E-state index in [0.717, 1.165) is 23.9 Å². The maximum absolute atomic E-state index is 12.7. The molecule has 1 aromatic carbocycles. The molecule has 2 aromatic rings. The fraction of sp³-hybridized carbons (Fsp3) is 0.500. The summed E-state index contributed by atoms with van der Waals surface area (Å²) in [5, 5.41) is 1.30. The quantitative estimate of drug-likeness (QED) is 0.781. The first-order chi connectivity index (χ1) is 11.9. The number of imidazole rings is 1. The second kappa shape index (κ2) is 6.48. The first-order valence-electron chi connectivity index (χ1n) is 8.21. The predicted octanol–water partition coefficient (Wildman–Crippen LogP) is 2.49. The van der Waals surface area contributed by atoms with Gasteiger partial charge in [0.2, 0.25) is 5.91 Å². The largest absolute Gasteiger partial charge is 0.335 e. The number of hydrogen-bond donors (Lipinski definition) is 1. The Bertz CT molecular complexity index is 924. The number of halogens is 1. The molecule has 1 saturated carbocycles. The third kappa shape index (κ3) is 3.80. The number of H-pyrrole nitrogens is 1. The Labute approximate surface area is 155 Å².